The lowest BCUT2D eigenvalue weighted by atomic mass is 9.66. The lowest BCUT2D eigenvalue weighted by Crippen LogP contribution is -2.42. The maximum Gasteiger partial charge on any atom is 0.113 e. The molecule has 8 heteroatoms. The highest BCUT2D eigenvalue weighted by Crippen LogP contribution is 2.38. The summed E-state index contributed by atoms with van der Waals surface area (Å²) in [5.41, 5.74) is 2.52. The van der Waals surface area contributed by atoms with E-state index in [1.54, 1.807) is 6.07 Å². The molecule has 0 fully saturated rings. The average molecular weight is 322 g/mol. The van der Waals surface area contributed by atoms with Crippen molar-refractivity contribution in [3.05, 3.63) is 12.1 Å². The van der Waals surface area contributed by atoms with Crippen LogP contribution < -0.4 is 21.9 Å². The van der Waals surface area contributed by atoms with Gasteiger partial charge in [-0.25, -0.2) is 0 Å². The highest BCUT2D eigenvalue weighted by Gasteiger charge is 2.17. The summed E-state index contributed by atoms with van der Waals surface area (Å²) in [5, 5.41) is 0. The van der Waals surface area contributed by atoms with Crippen LogP contribution in [0.5, 0.6) is 0 Å². The number of hydrogen-bond acceptors (Lipinski definition) is 4. The van der Waals surface area contributed by atoms with Crippen molar-refractivity contribution >= 4 is 104 Å². The van der Waals surface area contributed by atoms with Crippen LogP contribution in [0.15, 0.2) is 31.7 Å². The van der Waals surface area contributed by atoms with Crippen molar-refractivity contribution in [3.8, 4) is 11.1 Å². The minimum absolute atomic E-state index is 0.335. The summed E-state index contributed by atoms with van der Waals surface area (Å²) >= 11 is 17.6. The quantitative estimate of drug-likeness (QED) is 0.402. The lowest BCUT2D eigenvalue weighted by molar-refractivity contribution is 1.10. The van der Waals surface area contributed by atoms with Gasteiger partial charge in [0.2, 0.25) is 0 Å². The molecule has 0 spiro atoms. The van der Waals surface area contributed by atoms with E-state index in [1.165, 1.54) is 6.07 Å². The Bertz CT molecular complexity index is 689. The van der Waals surface area contributed by atoms with Gasteiger partial charge < -0.3 is 0 Å². The first kappa shape index (κ1) is 16.5. The molecule has 0 bridgehead atoms. The van der Waals surface area contributed by atoms with E-state index < -0.39 is 0 Å². The smallest absolute Gasteiger partial charge is 0.113 e. The van der Waals surface area contributed by atoms with Crippen molar-refractivity contribution in [3.63, 3.8) is 0 Å². The molecule has 2 aromatic carbocycles. The van der Waals surface area contributed by atoms with Gasteiger partial charge in [0.25, 0.3) is 0 Å². The molecule has 0 nitrogen and oxygen atoms in total. The van der Waals surface area contributed by atoms with Crippen LogP contribution >= 0.6 is 50.5 Å². The molecular weight excluding hydrogens is 316 g/mol. The van der Waals surface area contributed by atoms with E-state index in [9.17, 15) is 0 Å². The Morgan fingerprint density at radius 2 is 1.10 bits per heavy atom. The predicted octanol–water partition coefficient (Wildman–Crippen LogP) is -0.316. The van der Waals surface area contributed by atoms with Gasteiger partial charge in [-0.15, -0.1) is 61.4 Å². The fourth-order valence-electron chi connectivity index (χ4n) is 1.90. The van der Waals surface area contributed by atoms with Crippen LogP contribution in [0.25, 0.3) is 11.1 Å². The third-order valence-corrected chi connectivity index (χ3v) is 4.92. The molecule has 0 amide bonds. The Morgan fingerprint density at radius 3 is 1.60 bits per heavy atom. The summed E-state index contributed by atoms with van der Waals surface area (Å²) in [6.45, 7) is 0. The predicted molar refractivity (Wildman–Crippen MR) is 102 cm³/mol. The molecular formula is C12H6B4S4. The monoisotopic (exact) mass is 322 g/mol. The molecule has 0 aliphatic rings. The molecule has 0 aliphatic heterocycles. The molecule has 0 atom stereocenters. The van der Waals surface area contributed by atoms with E-state index in [0.717, 1.165) is 0 Å². The van der Waals surface area contributed by atoms with E-state index in [2.05, 4.69) is 50.5 Å². The zero-order valence-electron chi connectivity index (χ0n) is 10.3. The summed E-state index contributed by atoms with van der Waals surface area (Å²) in [6.07, 6.45) is 0. The SMILES string of the molecule is [B]c1cc([B])c([B])c(-c2c(S)cc(S)c(S)c2S)c1[B]. The lowest BCUT2D eigenvalue weighted by Gasteiger charge is -2.21. The standard InChI is InChI=1S/C12H6B4S4/c13-3-1-4(14)10(16)8(9(3)15)7-5(17)2-6(18)11(19)12(7)20/h1-2,17-20H. The Balaban J connectivity index is 2.93. The molecule has 0 saturated heterocycles. The van der Waals surface area contributed by atoms with Crippen LogP contribution in [0, 0.1) is 0 Å². The third kappa shape index (κ3) is 2.72. The normalized spacial score (nSPS) is 10.8. The zero-order valence-corrected chi connectivity index (χ0v) is 13.8. The topological polar surface area (TPSA) is 0 Å². The summed E-state index contributed by atoms with van der Waals surface area (Å²) < 4.78 is 0. The van der Waals surface area contributed by atoms with Gasteiger partial charge in [0, 0.05) is 25.1 Å². The van der Waals surface area contributed by atoms with E-state index in [-0.39, 0.29) is 0 Å². The van der Waals surface area contributed by atoms with Gasteiger partial charge in [0.05, 0.1) is 0 Å². The van der Waals surface area contributed by atoms with Crippen molar-refractivity contribution in [1.82, 2.24) is 0 Å². The van der Waals surface area contributed by atoms with Crippen LogP contribution in [-0.2, 0) is 0 Å². The van der Waals surface area contributed by atoms with Crippen LogP contribution in [-0.4, -0.2) is 31.4 Å². The summed E-state index contributed by atoms with van der Waals surface area (Å²) in [4.78, 5) is 2.43. The average Bonchev–Trinajstić information content (AvgIpc) is 2.38. The van der Waals surface area contributed by atoms with Crippen LogP contribution in [0.1, 0.15) is 0 Å². The second-order valence-corrected chi connectivity index (χ2v) is 6.10. The molecule has 20 heavy (non-hydrogen) atoms. The molecule has 0 aliphatic carbocycles. The Morgan fingerprint density at radius 1 is 0.600 bits per heavy atom. The summed E-state index contributed by atoms with van der Waals surface area (Å²) in [5.74, 6) is 0. The number of benzene rings is 2. The maximum absolute atomic E-state index is 6.04. The highest BCUT2D eigenvalue weighted by molar-refractivity contribution is 7.85. The second-order valence-electron chi connectivity index (χ2n) is 4.24. The number of rotatable bonds is 1. The third-order valence-electron chi connectivity index (χ3n) is 2.95. The summed E-state index contributed by atoms with van der Waals surface area (Å²) in [6, 6.07) is 3.26. The minimum atomic E-state index is 0.335. The highest BCUT2D eigenvalue weighted by atomic mass is 32.1. The van der Waals surface area contributed by atoms with Gasteiger partial charge in [-0.2, -0.15) is 0 Å². The Kier molecular flexibility index (Phi) is 5.00. The van der Waals surface area contributed by atoms with Gasteiger partial charge in [-0.1, -0.05) is 17.0 Å². The van der Waals surface area contributed by atoms with Crippen LogP contribution in [0.3, 0.4) is 0 Å². The number of hydrogen-bond donors (Lipinski definition) is 4. The fraction of sp³-hybridized carbons (Fsp3) is 0. The van der Waals surface area contributed by atoms with Gasteiger partial charge >= 0.3 is 0 Å². The largest absolute Gasteiger partial charge is 0.143 e. The molecule has 0 aromatic heterocycles. The van der Waals surface area contributed by atoms with Crippen molar-refractivity contribution in [2.24, 2.45) is 0 Å². The van der Waals surface area contributed by atoms with E-state index in [1.807, 2.05) is 0 Å². The molecule has 0 heterocycles. The first-order chi connectivity index (χ1) is 9.25. The molecule has 0 saturated carbocycles. The van der Waals surface area contributed by atoms with Gasteiger partial charge in [-0.05, 0) is 11.6 Å². The van der Waals surface area contributed by atoms with E-state index in [4.69, 9.17) is 31.4 Å². The fourth-order valence-corrected chi connectivity index (χ4v) is 3.30. The van der Waals surface area contributed by atoms with Gasteiger partial charge in [0.1, 0.15) is 31.4 Å². The minimum Gasteiger partial charge on any atom is -0.143 e. The van der Waals surface area contributed by atoms with E-state index in [0.29, 0.717) is 52.6 Å². The van der Waals surface area contributed by atoms with Crippen molar-refractivity contribution < 1.29 is 0 Å². The zero-order chi connectivity index (χ0) is 15.2. The Labute approximate surface area is 146 Å². The van der Waals surface area contributed by atoms with Gasteiger partial charge in [0.15, 0.2) is 0 Å². The molecule has 0 unspecified atom stereocenters. The first-order valence-corrected chi connectivity index (χ1v) is 7.24. The first-order valence-electron chi connectivity index (χ1n) is 5.45. The van der Waals surface area contributed by atoms with Crippen molar-refractivity contribution in [2.45, 2.75) is 19.6 Å². The van der Waals surface area contributed by atoms with Crippen LogP contribution in [0.4, 0.5) is 0 Å². The van der Waals surface area contributed by atoms with E-state index >= 15 is 0 Å². The van der Waals surface area contributed by atoms with Gasteiger partial charge in [-0.3, -0.25) is 0 Å². The number of thiol groups is 4. The second kappa shape index (κ2) is 6.07. The maximum atomic E-state index is 6.04. The summed E-state index contributed by atoms with van der Waals surface area (Å²) in [7, 11) is 23.8. The molecule has 90 valence electrons. The molecule has 0 N–H and O–H groups in total. The molecule has 2 rings (SSSR count). The molecule has 8 radical (unpaired) electrons. The van der Waals surface area contributed by atoms with Crippen LogP contribution in [0.2, 0.25) is 0 Å². The van der Waals surface area contributed by atoms with Crippen molar-refractivity contribution in [1.29, 1.82) is 0 Å². The molecule has 2 aromatic rings. The Hall–Kier alpha value is 0.0997. The van der Waals surface area contributed by atoms with Crippen molar-refractivity contribution in [2.75, 3.05) is 0 Å².